The van der Waals surface area contributed by atoms with E-state index in [0.29, 0.717) is 62.6 Å². The molecule has 12 nitrogen and oxygen atoms in total. The number of anilines is 2. The molecule has 0 bridgehead atoms. The van der Waals surface area contributed by atoms with Crippen molar-refractivity contribution in [2.75, 3.05) is 23.8 Å². The lowest BCUT2D eigenvalue weighted by Crippen LogP contribution is -2.20. The number of aromatic carboxylic acids is 2. The van der Waals surface area contributed by atoms with E-state index in [9.17, 15) is 30.0 Å². The SMILES string of the molecule is CC(C)c1cccc(C(C)C)c1NC(=O)c1ccc2c3c(Oc4ccc(CCO)cc4)cc(C(=O)O)c4c(C(=O)O)ccc(c5c(Oc6ccc(CCO)cc6)cc(C(=O)Nc6c(C(C)C)cccc6C(C)C)c1c25)c43. The molecule has 0 aromatic heterocycles. The maximum atomic E-state index is 15.8. The number of para-hydroxylation sites is 2. The molecule has 9 aromatic carbocycles. The van der Waals surface area contributed by atoms with E-state index in [0.717, 1.165) is 33.4 Å². The molecule has 0 heterocycles. The molecule has 0 atom stereocenters. The lowest BCUT2D eigenvalue weighted by molar-refractivity contribution is 0.0695. The molecule has 0 aliphatic heterocycles. The number of carboxylic acid groups (broad SMARTS) is 2. The number of hydrogen-bond donors (Lipinski definition) is 6. The third-order valence-electron chi connectivity index (χ3n) is 14.3. The number of aliphatic hydroxyl groups excluding tert-OH is 2. The molecule has 9 rings (SSSR count). The van der Waals surface area contributed by atoms with Crippen LogP contribution in [0.25, 0.3) is 43.1 Å². The number of carbonyl (C=O) groups is 4. The summed E-state index contributed by atoms with van der Waals surface area (Å²) in [6.07, 6.45) is 0.807. The molecule has 0 saturated heterocycles. The Morgan fingerprint density at radius 1 is 0.421 bits per heavy atom. The van der Waals surface area contributed by atoms with Crippen molar-refractivity contribution in [3.63, 3.8) is 0 Å². The van der Waals surface area contributed by atoms with Crippen LogP contribution in [0.1, 0.15) is 154 Å². The highest BCUT2D eigenvalue weighted by Crippen LogP contribution is 2.52. The fourth-order valence-electron chi connectivity index (χ4n) is 10.6. The summed E-state index contributed by atoms with van der Waals surface area (Å²) in [4.78, 5) is 58.1. The van der Waals surface area contributed by atoms with Crippen LogP contribution in [-0.4, -0.2) is 57.4 Å². The number of hydrogen-bond acceptors (Lipinski definition) is 8. The monoisotopic (exact) mass is 1020 g/mol. The summed E-state index contributed by atoms with van der Waals surface area (Å²) in [7, 11) is 0. The zero-order chi connectivity index (χ0) is 54.3. The summed E-state index contributed by atoms with van der Waals surface area (Å²) >= 11 is 0. The topological polar surface area (TPSA) is 192 Å². The van der Waals surface area contributed by atoms with Crippen molar-refractivity contribution in [3.8, 4) is 23.0 Å². The van der Waals surface area contributed by atoms with Gasteiger partial charge in [0, 0.05) is 62.5 Å². The number of aliphatic hydroxyl groups is 2. The number of fused-ring (bicyclic) bond motifs is 2. The van der Waals surface area contributed by atoms with Gasteiger partial charge in [0.05, 0.1) is 16.7 Å². The standard InChI is InChI=1S/C64H62N2O10/c1-33(2)41-11-9-12-42(34(3)4)59(41)65-61(69)47-25-23-45-56-52(76-40-21-17-38(18-22-40)28-30-68)32-50(64(73)74)54-48(63(71)72)26-24-46(58(54)56)55-51(75-39-19-15-37(16-20-39)27-29-67)31-49(53(47)57(45)55)62(70)66-60-43(35(5)6)13-10-14-44(60)36(7)8/h9-26,31-36,67-68H,27-30H2,1-8H3,(H,65,69)(H,66,70)(H,71,72)(H,73,74). The van der Waals surface area contributed by atoms with E-state index < -0.39 is 23.8 Å². The molecule has 2 amide bonds. The van der Waals surface area contributed by atoms with E-state index in [-0.39, 0.29) is 86.8 Å². The molecular formula is C64H62N2O10. The van der Waals surface area contributed by atoms with Crippen molar-refractivity contribution >= 4 is 78.2 Å². The summed E-state index contributed by atoms with van der Waals surface area (Å²) in [6.45, 7) is 16.4. The molecule has 0 unspecified atom stereocenters. The van der Waals surface area contributed by atoms with Crippen LogP contribution in [0.4, 0.5) is 11.4 Å². The minimum absolute atomic E-state index is 0.0169. The first-order valence-corrected chi connectivity index (χ1v) is 25.8. The fourth-order valence-corrected chi connectivity index (χ4v) is 10.6. The van der Waals surface area contributed by atoms with Gasteiger partial charge in [-0.2, -0.15) is 0 Å². The summed E-state index contributed by atoms with van der Waals surface area (Å²) in [5.41, 5.74) is 6.38. The Labute approximate surface area is 441 Å². The second-order valence-electron chi connectivity index (χ2n) is 20.6. The van der Waals surface area contributed by atoms with Crippen molar-refractivity contribution < 1.29 is 49.1 Å². The van der Waals surface area contributed by atoms with E-state index in [1.165, 1.54) is 12.1 Å². The van der Waals surface area contributed by atoms with Gasteiger partial charge in [0.25, 0.3) is 11.8 Å². The molecule has 12 heteroatoms. The predicted molar refractivity (Wildman–Crippen MR) is 301 cm³/mol. The Morgan fingerprint density at radius 2 is 0.776 bits per heavy atom. The van der Waals surface area contributed by atoms with Crippen molar-refractivity contribution in [1.82, 2.24) is 0 Å². The number of carboxylic acids is 2. The largest absolute Gasteiger partial charge is 0.478 e. The van der Waals surface area contributed by atoms with Crippen LogP contribution in [-0.2, 0) is 12.8 Å². The highest BCUT2D eigenvalue weighted by molar-refractivity contribution is 6.41. The minimum Gasteiger partial charge on any atom is -0.478 e. The molecule has 0 spiro atoms. The fraction of sp³-hybridized carbons (Fsp3) is 0.250. The van der Waals surface area contributed by atoms with Gasteiger partial charge in [0.2, 0.25) is 0 Å². The maximum Gasteiger partial charge on any atom is 0.336 e. The molecule has 388 valence electrons. The first kappa shape index (κ1) is 52.5. The molecular weight excluding hydrogens is 957 g/mol. The second kappa shape index (κ2) is 21.5. The molecule has 0 saturated carbocycles. The van der Waals surface area contributed by atoms with Crippen LogP contribution in [0.15, 0.2) is 121 Å². The summed E-state index contributed by atoms with van der Waals surface area (Å²) in [5, 5.41) is 50.1. The average molecular weight is 1020 g/mol. The molecule has 0 aliphatic carbocycles. The number of carbonyl (C=O) groups excluding carboxylic acids is 2. The van der Waals surface area contributed by atoms with E-state index >= 15 is 9.59 Å². The average Bonchev–Trinajstić information content (AvgIpc) is 3.52. The number of ether oxygens (including phenoxy) is 2. The van der Waals surface area contributed by atoms with E-state index in [1.807, 2.05) is 48.5 Å². The van der Waals surface area contributed by atoms with Crippen molar-refractivity contribution in [1.29, 1.82) is 0 Å². The van der Waals surface area contributed by atoms with Gasteiger partial charge < -0.3 is 40.5 Å². The Kier molecular flexibility index (Phi) is 14.9. The first-order valence-electron chi connectivity index (χ1n) is 25.8. The summed E-state index contributed by atoms with van der Waals surface area (Å²) < 4.78 is 13.6. The second-order valence-corrected chi connectivity index (χ2v) is 20.6. The first-order chi connectivity index (χ1) is 36.4. The zero-order valence-corrected chi connectivity index (χ0v) is 43.9. The number of benzene rings is 9. The van der Waals surface area contributed by atoms with Crippen molar-refractivity contribution in [2.24, 2.45) is 0 Å². The maximum absolute atomic E-state index is 15.8. The third-order valence-corrected chi connectivity index (χ3v) is 14.3. The van der Waals surface area contributed by atoms with E-state index in [4.69, 9.17) is 9.47 Å². The van der Waals surface area contributed by atoms with Gasteiger partial charge in [-0.05, 0) is 129 Å². The molecule has 76 heavy (non-hydrogen) atoms. The molecule has 0 radical (unpaired) electrons. The van der Waals surface area contributed by atoms with Gasteiger partial charge in [-0.3, -0.25) is 9.59 Å². The lowest BCUT2D eigenvalue weighted by atomic mass is 9.83. The Bertz CT molecular complexity index is 3670. The van der Waals surface area contributed by atoms with Crippen LogP contribution >= 0.6 is 0 Å². The van der Waals surface area contributed by atoms with Crippen LogP contribution in [0.5, 0.6) is 23.0 Å². The van der Waals surface area contributed by atoms with E-state index in [1.54, 1.807) is 60.7 Å². The zero-order valence-electron chi connectivity index (χ0n) is 43.9. The van der Waals surface area contributed by atoms with Crippen LogP contribution in [0.2, 0.25) is 0 Å². The summed E-state index contributed by atoms with van der Waals surface area (Å²) in [5.74, 6) is -2.72. The van der Waals surface area contributed by atoms with Gasteiger partial charge in [-0.1, -0.05) is 128 Å². The Morgan fingerprint density at radius 3 is 1.14 bits per heavy atom. The number of rotatable bonds is 18. The van der Waals surface area contributed by atoms with Crippen LogP contribution < -0.4 is 20.1 Å². The van der Waals surface area contributed by atoms with Gasteiger partial charge in [-0.15, -0.1) is 0 Å². The van der Waals surface area contributed by atoms with E-state index in [2.05, 4.69) is 66.0 Å². The number of nitrogens with one attached hydrogen (secondary N) is 2. The molecule has 0 aliphatic rings. The Balaban J connectivity index is 1.46. The van der Waals surface area contributed by atoms with Gasteiger partial charge >= 0.3 is 11.9 Å². The van der Waals surface area contributed by atoms with Crippen molar-refractivity contribution in [3.05, 3.63) is 177 Å². The lowest BCUT2D eigenvalue weighted by Gasteiger charge is -2.25. The third kappa shape index (κ3) is 9.77. The predicted octanol–water partition coefficient (Wildman–Crippen LogP) is 14.8. The van der Waals surface area contributed by atoms with Crippen molar-refractivity contribution in [2.45, 2.75) is 91.9 Å². The highest BCUT2D eigenvalue weighted by atomic mass is 16.5. The van der Waals surface area contributed by atoms with Gasteiger partial charge in [-0.25, -0.2) is 9.59 Å². The highest BCUT2D eigenvalue weighted by Gasteiger charge is 2.32. The quantitative estimate of drug-likeness (QED) is 0.0356. The molecule has 6 N–H and O–H groups in total. The van der Waals surface area contributed by atoms with Crippen LogP contribution in [0, 0.1) is 0 Å². The van der Waals surface area contributed by atoms with Gasteiger partial charge in [0.1, 0.15) is 23.0 Å². The molecule has 9 aromatic rings. The minimum atomic E-state index is -1.39. The van der Waals surface area contributed by atoms with Crippen LogP contribution in [0.3, 0.4) is 0 Å². The summed E-state index contributed by atoms with van der Waals surface area (Å²) in [6, 6.07) is 35.4. The van der Waals surface area contributed by atoms with Gasteiger partial charge in [0.15, 0.2) is 0 Å². The normalized spacial score (nSPS) is 11.8. The smallest absolute Gasteiger partial charge is 0.336 e. The Hall–Kier alpha value is -8.32. The number of amides is 2. The molecule has 0 fully saturated rings.